The number of carbonyl (C=O) groups excluding carboxylic acids is 2. The second-order valence-electron chi connectivity index (χ2n) is 5.01. The maximum Gasteiger partial charge on any atom is 0.338 e. The SMILES string of the molecule is CCOC(=O)C1=COC=C(C(=O)OCC)C1c1ccc([N+](=O)[O-])cc1. The first-order valence-electron chi connectivity index (χ1n) is 7.63. The maximum atomic E-state index is 12.2. The molecule has 0 atom stereocenters. The molecule has 25 heavy (non-hydrogen) atoms. The molecule has 0 saturated carbocycles. The lowest BCUT2D eigenvalue weighted by Gasteiger charge is -2.24. The Morgan fingerprint density at radius 2 is 1.52 bits per heavy atom. The minimum absolute atomic E-state index is 0.0980. The Morgan fingerprint density at radius 1 is 1.04 bits per heavy atom. The van der Waals surface area contributed by atoms with E-state index in [4.69, 9.17) is 14.2 Å². The Bertz CT molecular complexity index is 700. The van der Waals surface area contributed by atoms with Gasteiger partial charge in [0.05, 0.1) is 35.2 Å². The second-order valence-corrected chi connectivity index (χ2v) is 5.01. The molecule has 132 valence electrons. The van der Waals surface area contributed by atoms with Crippen molar-refractivity contribution >= 4 is 17.6 Å². The fraction of sp³-hybridized carbons (Fsp3) is 0.294. The van der Waals surface area contributed by atoms with Gasteiger partial charge < -0.3 is 14.2 Å². The van der Waals surface area contributed by atoms with Gasteiger partial charge in [-0.25, -0.2) is 9.59 Å². The summed E-state index contributed by atoms with van der Waals surface area (Å²) < 4.78 is 15.1. The quantitative estimate of drug-likeness (QED) is 0.442. The van der Waals surface area contributed by atoms with Gasteiger partial charge in [-0.05, 0) is 19.4 Å². The molecule has 1 heterocycles. The summed E-state index contributed by atoms with van der Waals surface area (Å²) in [6, 6.07) is 5.56. The Labute approximate surface area is 143 Å². The number of rotatable bonds is 6. The van der Waals surface area contributed by atoms with E-state index in [1.165, 1.54) is 36.8 Å². The summed E-state index contributed by atoms with van der Waals surface area (Å²) in [5.74, 6) is -2.07. The Hall–Kier alpha value is -3.16. The van der Waals surface area contributed by atoms with Gasteiger partial charge in [0.1, 0.15) is 12.5 Å². The summed E-state index contributed by atoms with van der Waals surface area (Å²) in [6.07, 6.45) is 2.40. The third kappa shape index (κ3) is 4.03. The lowest BCUT2D eigenvalue weighted by Crippen LogP contribution is -2.24. The predicted octanol–water partition coefficient (Wildman–Crippen LogP) is 2.60. The van der Waals surface area contributed by atoms with E-state index in [2.05, 4.69) is 0 Å². The third-order valence-corrected chi connectivity index (χ3v) is 3.47. The minimum atomic E-state index is -0.798. The molecule has 0 aliphatic carbocycles. The summed E-state index contributed by atoms with van der Waals surface area (Å²) in [5.41, 5.74) is 0.633. The number of benzene rings is 1. The number of esters is 2. The van der Waals surface area contributed by atoms with Crippen molar-refractivity contribution in [2.45, 2.75) is 19.8 Å². The van der Waals surface area contributed by atoms with Crippen molar-refractivity contribution in [2.75, 3.05) is 13.2 Å². The van der Waals surface area contributed by atoms with E-state index in [1.807, 2.05) is 0 Å². The monoisotopic (exact) mass is 347 g/mol. The molecule has 0 aromatic heterocycles. The van der Waals surface area contributed by atoms with Crippen molar-refractivity contribution in [3.05, 3.63) is 63.6 Å². The van der Waals surface area contributed by atoms with Crippen LogP contribution in [-0.4, -0.2) is 30.1 Å². The van der Waals surface area contributed by atoms with E-state index in [0.29, 0.717) is 5.56 Å². The molecule has 2 rings (SSSR count). The molecule has 0 unspecified atom stereocenters. The number of nitro benzene ring substituents is 1. The van der Waals surface area contributed by atoms with Crippen molar-refractivity contribution in [1.82, 2.24) is 0 Å². The van der Waals surface area contributed by atoms with Crippen LogP contribution in [0.1, 0.15) is 25.3 Å². The average Bonchev–Trinajstić information content (AvgIpc) is 2.61. The first-order chi connectivity index (χ1) is 12.0. The molecule has 0 radical (unpaired) electrons. The Balaban J connectivity index is 2.45. The summed E-state index contributed by atoms with van der Waals surface area (Å²) >= 11 is 0. The van der Waals surface area contributed by atoms with E-state index in [-0.39, 0.29) is 30.0 Å². The van der Waals surface area contributed by atoms with Crippen LogP contribution in [-0.2, 0) is 23.8 Å². The summed E-state index contributed by atoms with van der Waals surface area (Å²) in [7, 11) is 0. The standard InChI is InChI=1S/C17H17NO7/c1-3-24-16(19)13-9-23-10-14(17(20)25-4-2)15(13)11-5-7-12(8-6-11)18(21)22/h5-10,15H,3-4H2,1-2H3. The maximum absolute atomic E-state index is 12.2. The molecule has 0 N–H and O–H groups in total. The van der Waals surface area contributed by atoms with Crippen LogP contribution in [0.5, 0.6) is 0 Å². The second kappa shape index (κ2) is 8.09. The molecule has 8 nitrogen and oxygen atoms in total. The molecule has 0 bridgehead atoms. The largest absolute Gasteiger partial charge is 0.471 e. The first kappa shape index (κ1) is 18.2. The van der Waals surface area contributed by atoms with Crippen LogP contribution in [0.15, 0.2) is 47.9 Å². The first-order valence-corrected chi connectivity index (χ1v) is 7.63. The van der Waals surface area contributed by atoms with Crippen molar-refractivity contribution in [2.24, 2.45) is 0 Å². The van der Waals surface area contributed by atoms with Gasteiger partial charge in [0.2, 0.25) is 0 Å². The lowest BCUT2D eigenvalue weighted by molar-refractivity contribution is -0.384. The van der Waals surface area contributed by atoms with E-state index < -0.39 is 22.8 Å². The van der Waals surface area contributed by atoms with Crippen molar-refractivity contribution in [1.29, 1.82) is 0 Å². The topological polar surface area (TPSA) is 105 Å². The van der Waals surface area contributed by atoms with Gasteiger partial charge in [-0.1, -0.05) is 12.1 Å². The van der Waals surface area contributed by atoms with Crippen LogP contribution in [0.3, 0.4) is 0 Å². The number of hydrogen-bond acceptors (Lipinski definition) is 7. The van der Waals surface area contributed by atoms with Crippen LogP contribution >= 0.6 is 0 Å². The Kier molecular flexibility index (Phi) is 5.89. The van der Waals surface area contributed by atoms with E-state index >= 15 is 0 Å². The summed E-state index contributed by atoms with van der Waals surface area (Å²) in [6.45, 7) is 3.62. The molecular formula is C17H17NO7. The van der Waals surface area contributed by atoms with Crippen molar-refractivity contribution < 1.29 is 28.7 Å². The van der Waals surface area contributed by atoms with Crippen LogP contribution in [0.25, 0.3) is 0 Å². The van der Waals surface area contributed by atoms with Crippen LogP contribution in [0, 0.1) is 10.1 Å². The van der Waals surface area contributed by atoms with Crippen molar-refractivity contribution in [3.8, 4) is 0 Å². The van der Waals surface area contributed by atoms with E-state index in [9.17, 15) is 19.7 Å². The number of hydrogen-bond donors (Lipinski definition) is 0. The van der Waals surface area contributed by atoms with Crippen LogP contribution in [0.4, 0.5) is 5.69 Å². The van der Waals surface area contributed by atoms with E-state index in [0.717, 1.165) is 0 Å². The number of nitro groups is 1. The third-order valence-electron chi connectivity index (χ3n) is 3.47. The fourth-order valence-electron chi connectivity index (χ4n) is 2.39. The molecule has 0 saturated heterocycles. The van der Waals surface area contributed by atoms with Gasteiger partial charge in [-0.3, -0.25) is 10.1 Å². The molecule has 8 heteroatoms. The van der Waals surface area contributed by atoms with Crippen molar-refractivity contribution in [3.63, 3.8) is 0 Å². The smallest absolute Gasteiger partial charge is 0.338 e. The van der Waals surface area contributed by atoms with Gasteiger partial charge in [0.25, 0.3) is 5.69 Å². The average molecular weight is 347 g/mol. The summed E-state index contributed by atoms with van der Waals surface area (Å²) in [5, 5.41) is 10.8. The highest BCUT2D eigenvalue weighted by molar-refractivity contribution is 5.98. The zero-order valence-corrected chi connectivity index (χ0v) is 13.8. The van der Waals surface area contributed by atoms with Gasteiger partial charge in [0, 0.05) is 12.1 Å². The molecule has 1 aliphatic rings. The zero-order valence-electron chi connectivity index (χ0n) is 13.8. The van der Waals surface area contributed by atoms with Gasteiger partial charge in [0.15, 0.2) is 0 Å². The molecule has 1 aromatic carbocycles. The van der Waals surface area contributed by atoms with E-state index in [1.54, 1.807) is 13.8 Å². The van der Waals surface area contributed by atoms with Gasteiger partial charge >= 0.3 is 11.9 Å². The normalized spacial score (nSPS) is 14.0. The molecule has 1 aromatic rings. The highest BCUT2D eigenvalue weighted by Crippen LogP contribution is 2.36. The van der Waals surface area contributed by atoms with Gasteiger partial charge in [-0.15, -0.1) is 0 Å². The predicted molar refractivity (Wildman–Crippen MR) is 86.4 cm³/mol. The number of carbonyl (C=O) groups is 2. The fourth-order valence-corrected chi connectivity index (χ4v) is 2.39. The number of non-ortho nitro benzene ring substituents is 1. The highest BCUT2D eigenvalue weighted by atomic mass is 16.6. The van der Waals surface area contributed by atoms with Gasteiger partial charge in [-0.2, -0.15) is 0 Å². The molecule has 1 aliphatic heterocycles. The number of ether oxygens (including phenoxy) is 3. The molecular weight excluding hydrogens is 330 g/mol. The van der Waals surface area contributed by atoms with Crippen LogP contribution in [0.2, 0.25) is 0 Å². The van der Waals surface area contributed by atoms with Crippen LogP contribution < -0.4 is 0 Å². The molecule has 0 amide bonds. The molecule has 0 spiro atoms. The summed E-state index contributed by atoms with van der Waals surface area (Å²) in [4.78, 5) is 34.7. The molecule has 0 fully saturated rings. The lowest BCUT2D eigenvalue weighted by atomic mass is 9.84. The highest BCUT2D eigenvalue weighted by Gasteiger charge is 2.35. The minimum Gasteiger partial charge on any atom is -0.471 e. The Morgan fingerprint density at radius 3 is 1.92 bits per heavy atom. The number of nitrogens with zero attached hydrogens (tertiary/aromatic N) is 1. The zero-order chi connectivity index (χ0) is 18.4.